The molecule has 0 aliphatic carbocycles. The van der Waals surface area contributed by atoms with Crippen LogP contribution < -0.4 is 10.6 Å². The van der Waals surface area contributed by atoms with Gasteiger partial charge in [0.15, 0.2) is 0 Å². The van der Waals surface area contributed by atoms with Gasteiger partial charge in [0.25, 0.3) is 0 Å². The lowest BCUT2D eigenvalue weighted by Gasteiger charge is -2.11. The lowest BCUT2D eigenvalue weighted by atomic mass is 10.0. The molecule has 0 radical (unpaired) electrons. The first-order chi connectivity index (χ1) is 7.84. The van der Waals surface area contributed by atoms with E-state index in [9.17, 15) is 4.79 Å². The Bertz CT molecular complexity index is 201. The zero-order valence-electron chi connectivity index (χ0n) is 9.84. The molecule has 2 rings (SSSR count). The van der Waals surface area contributed by atoms with Crippen LogP contribution in [0.15, 0.2) is 0 Å². The second-order valence-corrected chi connectivity index (χ2v) is 6.24. The molecule has 0 aromatic rings. The molecule has 0 aromatic carbocycles. The van der Waals surface area contributed by atoms with Crippen LogP contribution in [0, 0.1) is 5.92 Å². The van der Waals surface area contributed by atoms with Gasteiger partial charge in [0.1, 0.15) is 0 Å². The monoisotopic (exact) mass is 242 g/mol. The quantitative estimate of drug-likeness (QED) is 0.765. The Morgan fingerprint density at radius 1 is 1.44 bits per heavy atom. The number of hydrogen-bond acceptors (Lipinski definition) is 3. The Kier molecular flexibility index (Phi) is 4.97. The Hall–Kier alpha value is -0.220. The van der Waals surface area contributed by atoms with Crippen LogP contribution in [0.3, 0.4) is 0 Å². The van der Waals surface area contributed by atoms with Crippen molar-refractivity contribution < 1.29 is 4.79 Å². The summed E-state index contributed by atoms with van der Waals surface area (Å²) >= 11 is 2.00. The van der Waals surface area contributed by atoms with Gasteiger partial charge in [-0.2, -0.15) is 11.8 Å². The van der Waals surface area contributed by atoms with Crippen LogP contribution in [0.2, 0.25) is 0 Å². The highest BCUT2D eigenvalue weighted by Crippen LogP contribution is 2.25. The Morgan fingerprint density at radius 2 is 2.38 bits per heavy atom. The normalized spacial score (nSPS) is 29.5. The van der Waals surface area contributed by atoms with Crippen molar-refractivity contribution in [3.63, 3.8) is 0 Å². The number of carbonyl (C=O) groups excluding carboxylic acids is 1. The van der Waals surface area contributed by atoms with E-state index < -0.39 is 0 Å². The van der Waals surface area contributed by atoms with E-state index in [1.54, 1.807) is 0 Å². The van der Waals surface area contributed by atoms with Crippen LogP contribution >= 0.6 is 11.8 Å². The van der Waals surface area contributed by atoms with Crippen LogP contribution in [-0.2, 0) is 4.79 Å². The largest absolute Gasteiger partial charge is 0.355 e. The van der Waals surface area contributed by atoms with Crippen LogP contribution in [0.1, 0.15) is 32.1 Å². The standard InChI is InChI=1S/C12H22N2OS/c15-12(4-3-10-5-6-13-8-10)14-9-11-2-1-7-16-11/h10-11,13H,1-9H2,(H,14,15). The van der Waals surface area contributed by atoms with Crippen molar-refractivity contribution in [1.29, 1.82) is 0 Å². The summed E-state index contributed by atoms with van der Waals surface area (Å²) in [6, 6.07) is 0. The van der Waals surface area contributed by atoms with Gasteiger partial charge in [0.05, 0.1) is 0 Å². The maximum atomic E-state index is 11.6. The molecule has 0 aromatic heterocycles. The smallest absolute Gasteiger partial charge is 0.220 e. The minimum absolute atomic E-state index is 0.249. The molecule has 4 heteroatoms. The average molecular weight is 242 g/mol. The van der Waals surface area contributed by atoms with E-state index in [1.165, 1.54) is 25.0 Å². The van der Waals surface area contributed by atoms with Gasteiger partial charge in [-0.15, -0.1) is 0 Å². The third-order valence-corrected chi connectivity index (χ3v) is 4.89. The highest BCUT2D eigenvalue weighted by atomic mass is 32.2. The predicted molar refractivity (Wildman–Crippen MR) is 68.7 cm³/mol. The second-order valence-electron chi connectivity index (χ2n) is 4.84. The molecule has 2 aliphatic rings. The van der Waals surface area contributed by atoms with Crippen molar-refractivity contribution in [2.75, 3.05) is 25.4 Å². The Labute approximate surface area is 102 Å². The lowest BCUT2D eigenvalue weighted by molar-refractivity contribution is -0.121. The maximum absolute atomic E-state index is 11.6. The molecule has 2 fully saturated rings. The fourth-order valence-corrected chi connectivity index (χ4v) is 3.62. The molecule has 2 atom stereocenters. The molecule has 2 heterocycles. The van der Waals surface area contributed by atoms with Crippen LogP contribution in [0.25, 0.3) is 0 Å². The van der Waals surface area contributed by atoms with Gasteiger partial charge in [0.2, 0.25) is 5.91 Å². The van der Waals surface area contributed by atoms with Crippen molar-refractivity contribution in [3.8, 4) is 0 Å². The Morgan fingerprint density at radius 3 is 3.06 bits per heavy atom. The number of rotatable bonds is 5. The summed E-state index contributed by atoms with van der Waals surface area (Å²) in [6.45, 7) is 3.11. The van der Waals surface area contributed by atoms with E-state index in [0.717, 1.165) is 32.0 Å². The average Bonchev–Trinajstić information content (AvgIpc) is 2.96. The van der Waals surface area contributed by atoms with Gasteiger partial charge in [-0.05, 0) is 50.4 Å². The summed E-state index contributed by atoms with van der Waals surface area (Å²) < 4.78 is 0. The van der Waals surface area contributed by atoms with Gasteiger partial charge in [-0.25, -0.2) is 0 Å². The van der Waals surface area contributed by atoms with Gasteiger partial charge in [-0.1, -0.05) is 0 Å². The molecule has 0 saturated carbocycles. The molecule has 2 aliphatic heterocycles. The van der Waals surface area contributed by atoms with Gasteiger partial charge >= 0.3 is 0 Å². The molecule has 0 bridgehead atoms. The van der Waals surface area contributed by atoms with Crippen molar-refractivity contribution in [2.45, 2.75) is 37.4 Å². The van der Waals surface area contributed by atoms with E-state index >= 15 is 0 Å². The zero-order valence-corrected chi connectivity index (χ0v) is 10.7. The van der Waals surface area contributed by atoms with Gasteiger partial charge in [-0.3, -0.25) is 4.79 Å². The third-order valence-electron chi connectivity index (χ3n) is 3.49. The van der Waals surface area contributed by atoms with Gasteiger partial charge in [0, 0.05) is 18.2 Å². The first kappa shape index (κ1) is 12.2. The molecule has 2 N–H and O–H groups in total. The number of hydrogen-bond donors (Lipinski definition) is 2. The molecular weight excluding hydrogens is 220 g/mol. The summed E-state index contributed by atoms with van der Waals surface area (Å²) in [5.74, 6) is 2.25. The fourth-order valence-electron chi connectivity index (χ4n) is 2.42. The van der Waals surface area contributed by atoms with E-state index in [-0.39, 0.29) is 5.91 Å². The van der Waals surface area contributed by atoms with Crippen LogP contribution in [-0.4, -0.2) is 36.5 Å². The summed E-state index contributed by atoms with van der Waals surface area (Å²) in [5, 5.41) is 7.08. The number of carbonyl (C=O) groups is 1. The predicted octanol–water partition coefficient (Wildman–Crippen LogP) is 1.39. The molecule has 2 saturated heterocycles. The molecule has 92 valence electrons. The summed E-state index contributed by atoms with van der Waals surface area (Å²) in [4.78, 5) is 11.6. The third kappa shape index (κ3) is 3.98. The highest BCUT2D eigenvalue weighted by Gasteiger charge is 2.18. The van der Waals surface area contributed by atoms with E-state index in [0.29, 0.717) is 11.7 Å². The first-order valence-electron chi connectivity index (χ1n) is 6.43. The van der Waals surface area contributed by atoms with E-state index in [1.807, 2.05) is 11.8 Å². The maximum Gasteiger partial charge on any atom is 0.220 e. The molecule has 0 spiro atoms. The summed E-state index contributed by atoms with van der Waals surface area (Å²) in [6.07, 6.45) is 5.60. The van der Waals surface area contributed by atoms with E-state index in [4.69, 9.17) is 0 Å². The van der Waals surface area contributed by atoms with Gasteiger partial charge < -0.3 is 10.6 Å². The molecule has 2 unspecified atom stereocenters. The minimum Gasteiger partial charge on any atom is -0.355 e. The van der Waals surface area contributed by atoms with E-state index in [2.05, 4.69) is 10.6 Å². The van der Waals surface area contributed by atoms with Crippen molar-refractivity contribution in [1.82, 2.24) is 10.6 Å². The number of thioether (sulfide) groups is 1. The first-order valence-corrected chi connectivity index (χ1v) is 7.48. The Balaban J connectivity index is 1.53. The summed E-state index contributed by atoms with van der Waals surface area (Å²) in [5.41, 5.74) is 0. The summed E-state index contributed by atoms with van der Waals surface area (Å²) in [7, 11) is 0. The number of nitrogens with one attached hydrogen (secondary N) is 2. The van der Waals surface area contributed by atoms with Crippen LogP contribution in [0.4, 0.5) is 0 Å². The molecule has 16 heavy (non-hydrogen) atoms. The molecule has 1 amide bonds. The zero-order chi connectivity index (χ0) is 11.2. The molecular formula is C12H22N2OS. The van der Waals surface area contributed by atoms with Crippen molar-refractivity contribution in [3.05, 3.63) is 0 Å². The van der Waals surface area contributed by atoms with Crippen LogP contribution in [0.5, 0.6) is 0 Å². The van der Waals surface area contributed by atoms with Crippen molar-refractivity contribution >= 4 is 17.7 Å². The SMILES string of the molecule is O=C(CCC1CCNC1)NCC1CCCS1. The fraction of sp³-hybridized carbons (Fsp3) is 0.917. The topological polar surface area (TPSA) is 41.1 Å². The van der Waals surface area contributed by atoms with Crippen molar-refractivity contribution in [2.24, 2.45) is 5.92 Å². The minimum atomic E-state index is 0.249. The highest BCUT2D eigenvalue weighted by molar-refractivity contribution is 8.00. The lowest BCUT2D eigenvalue weighted by Crippen LogP contribution is -2.29. The second kappa shape index (κ2) is 6.50. The number of amides is 1. The molecule has 3 nitrogen and oxygen atoms in total.